The molecule has 0 atom stereocenters. The van der Waals surface area contributed by atoms with Crippen LogP contribution in [0.1, 0.15) is 52.4 Å². The van der Waals surface area contributed by atoms with Gasteiger partial charge in [-0.3, -0.25) is 4.79 Å². The summed E-state index contributed by atoms with van der Waals surface area (Å²) in [5, 5.41) is 0. The molecule has 182 valence electrons. The van der Waals surface area contributed by atoms with Crippen LogP contribution < -0.4 is 14.2 Å². The summed E-state index contributed by atoms with van der Waals surface area (Å²) in [6.45, 7) is 6.08. The van der Waals surface area contributed by atoms with Crippen LogP contribution in [0.4, 0.5) is 4.39 Å². The van der Waals surface area contributed by atoms with Crippen LogP contribution in [0.15, 0.2) is 30.5 Å². The van der Waals surface area contributed by atoms with Gasteiger partial charge in [-0.15, -0.1) is 0 Å². The van der Waals surface area contributed by atoms with E-state index in [1.165, 1.54) is 0 Å². The van der Waals surface area contributed by atoms with Crippen LogP contribution in [0.3, 0.4) is 0 Å². The van der Waals surface area contributed by atoms with E-state index in [-0.39, 0.29) is 17.4 Å². The lowest BCUT2D eigenvalue weighted by Gasteiger charge is -2.59. The molecule has 1 spiro atoms. The van der Waals surface area contributed by atoms with E-state index in [1.54, 1.807) is 11.1 Å². The van der Waals surface area contributed by atoms with Crippen LogP contribution in [-0.4, -0.2) is 58.9 Å². The molecule has 34 heavy (non-hydrogen) atoms. The molecule has 0 unspecified atom stereocenters. The molecule has 3 aliphatic rings. The molecule has 0 bridgehead atoms. The molecule has 3 heterocycles. The number of ether oxygens (including phenoxy) is 3. The van der Waals surface area contributed by atoms with Gasteiger partial charge in [0.25, 0.3) is 11.8 Å². The number of carbonyl (C=O) groups is 1. The minimum Gasteiger partial charge on any atom is -0.485 e. The van der Waals surface area contributed by atoms with Crippen molar-refractivity contribution in [2.45, 2.75) is 64.1 Å². The number of halogens is 1. The van der Waals surface area contributed by atoms with Gasteiger partial charge in [-0.25, -0.2) is 14.4 Å². The zero-order valence-electron chi connectivity index (χ0n) is 19.9. The highest BCUT2D eigenvalue weighted by molar-refractivity contribution is 5.86. The molecular weight excluding hydrogens is 437 g/mol. The van der Waals surface area contributed by atoms with E-state index in [2.05, 4.69) is 9.97 Å². The fraction of sp³-hybridized carbons (Fsp3) is 0.577. The lowest BCUT2D eigenvalue weighted by Crippen LogP contribution is -2.68. The highest BCUT2D eigenvalue weighted by Crippen LogP contribution is 2.51. The third kappa shape index (κ3) is 4.18. The molecule has 8 heteroatoms. The molecule has 7 nitrogen and oxygen atoms in total. The van der Waals surface area contributed by atoms with Gasteiger partial charge >= 0.3 is 0 Å². The first kappa shape index (κ1) is 22.9. The first-order valence-electron chi connectivity index (χ1n) is 12.3. The van der Waals surface area contributed by atoms with Gasteiger partial charge in [0.15, 0.2) is 11.4 Å². The van der Waals surface area contributed by atoms with Crippen LogP contribution in [0, 0.1) is 5.41 Å². The molecule has 2 aromatic heterocycles. The SMILES string of the molecule is CCOc1nc(-c2cccnc2OCC)ccc1OC1CC2(C1)CN(C(=O)C1(F)CCCC1)C2. The second-order valence-corrected chi connectivity index (χ2v) is 9.70. The van der Waals surface area contributed by atoms with Crippen LogP contribution in [0.2, 0.25) is 0 Å². The quantitative estimate of drug-likeness (QED) is 0.563. The molecule has 1 amide bonds. The molecule has 1 saturated heterocycles. The molecule has 0 aromatic carbocycles. The normalized spacial score (nSPS) is 20.5. The van der Waals surface area contributed by atoms with Gasteiger partial charge in [0.2, 0.25) is 5.88 Å². The van der Waals surface area contributed by atoms with E-state index in [9.17, 15) is 9.18 Å². The number of rotatable bonds is 8. The van der Waals surface area contributed by atoms with Crippen molar-refractivity contribution in [1.29, 1.82) is 0 Å². The summed E-state index contributed by atoms with van der Waals surface area (Å²) >= 11 is 0. The maximum Gasteiger partial charge on any atom is 0.260 e. The monoisotopic (exact) mass is 469 g/mol. The van der Waals surface area contributed by atoms with Crippen molar-refractivity contribution in [2.24, 2.45) is 5.41 Å². The van der Waals surface area contributed by atoms with Gasteiger partial charge in [-0.2, -0.15) is 0 Å². The number of carbonyl (C=O) groups excluding carboxylic acids is 1. The lowest BCUT2D eigenvalue weighted by molar-refractivity contribution is -0.171. The standard InChI is InChI=1S/C26H32FN3O4/c1-3-32-22-19(8-7-13-28-22)20-9-10-21(23(29-20)33-4-2)34-18-14-25(15-18)16-30(17-25)24(31)26(27)11-5-6-12-26/h7-10,13,18H,3-6,11-12,14-17H2,1-2H3. The predicted octanol–water partition coefficient (Wildman–Crippen LogP) is 4.59. The molecule has 5 rings (SSSR count). The number of aromatic nitrogens is 2. The number of amides is 1. The van der Waals surface area contributed by atoms with E-state index in [1.807, 2.05) is 38.1 Å². The van der Waals surface area contributed by atoms with Crippen LogP contribution in [0.5, 0.6) is 17.5 Å². The Balaban J connectivity index is 1.22. The predicted molar refractivity (Wildman–Crippen MR) is 125 cm³/mol. The van der Waals surface area contributed by atoms with Crippen molar-refractivity contribution in [3.05, 3.63) is 30.5 Å². The maximum absolute atomic E-state index is 14.8. The Hall–Kier alpha value is -2.90. The molecule has 2 aromatic rings. The fourth-order valence-corrected chi connectivity index (χ4v) is 5.51. The van der Waals surface area contributed by atoms with E-state index in [0.29, 0.717) is 62.3 Å². The largest absolute Gasteiger partial charge is 0.485 e. The summed E-state index contributed by atoms with van der Waals surface area (Å²) in [7, 11) is 0. The third-order valence-corrected chi connectivity index (χ3v) is 7.17. The number of hydrogen-bond acceptors (Lipinski definition) is 6. The minimum absolute atomic E-state index is 0.0345. The molecule has 1 aliphatic heterocycles. The Morgan fingerprint density at radius 1 is 1.09 bits per heavy atom. The van der Waals surface area contributed by atoms with Crippen molar-refractivity contribution < 1.29 is 23.4 Å². The van der Waals surface area contributed by atoms with E-state index in [4.69, 9.17) is 14.2 Å². The van der Waals surface area contributed by atoms with Crippen molar-refractivity contribution in [3.8, 4) is 28.8 Å². The third-order valence-electron chi connectivity index (χ3n) is 7.17. The van der Waals surface area contributed by atoms with Crippen molar-refractivity contribution in [3.63, 3.8) is 0 Å². The lowest BCUT2D eigenvalue weighted by atomic mass is 9.61. The van der Waals surface area contributed by atoms with Gasteiger partial charge < -0.3 is 19.1 Å². The summed E-state index contributed by atoms with van der Waals surface area (Å²) < 4.78 is 32.5. The van der Waals surface area contributed by atoms with Crippen LogP contribution >= 0.6 is 0 Å². The molecular formula is C26H32FN3O4. The first-order chi connectivity index (χ1) is 16.5. The van der Waals surface area contributed by atoms with Crippen LogP contribution in [0.25, 0.3) is 11.3 Å². The molecule has 0 radical (unpaired) electrons. The summed E-state index contributed by atoms with van der Waals surface area (Å²) in [6, 6.07) is 7.54. The topological polar surface area (TPSA) is 73.8 Å². The summed E-state index contributed by atoms with van der Waals surface area (Å²) in [5.74, 6) is 1.28. The number of hydrogen-bond donors (Lipinski definition) is 0. The molecule has 0 N–H and O–H groups in total. The van der Waals surface area contributed by atoms with E-state index >= 15 is 0 Å². The zero-order chi connectivity index (χ0) is 23.8. The van der Waals surface area contributed by atoms with Gasteiger partial charge in [-0.1, -0.05) is 0 Å². The van der Waals surface area contributed by atoms with E-state index in [0.717, 1.165) is 31.2 Å². The number of nitrogens with zero attached hydrogens (tertiary/aromatic N) is 3. The Morgan fingerprint density at radius 3 is 2.50 bits per heavy atom. The Bertz CT molecular complexity index is 1040. The van der Waals surface area contributed by atoms with Gasteiger partial charge in [0, 0.05) is 24.7 Å². The molecule has 3 fully saturated rings. The van der Waals surface area contributed by atoms with Gasteiger partial charge in [-0.05, 0) is 76.6 Å². The van der Waals surface area contributed by atoms with Crippen molar-refractivity contribution in [1.82, 2.24) is 14.9 Å². The summed E-state index contributed by atoms with van der Waals surface area (Å²) in [6.07, 6.45) is 5.77. The fourth-order valence-electron chi connectivity index (χ4n) is 5.51. The Labute approximate surface area is 199 Å². The summed E-state index contributed by atoms with van der Waals surface area (Å²) in [4.78, 5) is 23.3. The van der Waals surface area contributed by atoms with Crippen LogP contribution in [-0.2, 0) is 4.79 Å². The molecule has 2 aliphatic carbocycles. The molecule has 2 saturated carbocycles. The first-order valence-corrected chi connectivity index (χ1v) is 12.3. The van der Waals surface area contributed by atoms with Gasteiger partial charge in [0.05, 0.1) is 24.5 Å². The number of pyridine rings is 2. The maximum atomic E-state index is 14.8. The van der Waals surface area contributed by atoms with Crippen molar-refractivity contribution >= 4 is 5.91 Å². The smallest absolute Gasteiger partial charge is 0.260 e. The number of alkyl halides is 1. The summed E-state index contributed by atoms with van der Waals surface area (Å²) in [5.41, 5.74) is -0.0577. The highest BCUT2D eigenvalue weighted by atomic mass is 19.1. The second-order valence-electron chi connectivity index (χ2n) is 9.70. The average Bonchev–Trinajstić information content (AvgIpc) is 3.23. The number of likely N-dealkylation sites (tertiary alicyclic amines) is 1. The minimum atomic E-state index is -1.63. The zero-order valence-corrected chi connectivity index (χ0v) is 19.9. The Morgan fingerprint density at radius 2 is 1.79 bits per heavy atom. The average molecular weight is 470 g/mol. The second kappa shape index (κ2) is 9.04. The Kier molecular flexibility index (Phi) is 6.08. The van der Waals surface area contributed by atoms with E-state index < -0.39 is 5.67 Å². The highest BCUT2D eigenvalue weighted by Gasteiger charge is 2.57. The van der Waals surface area contributed by atoms with Gasteiger partial charge in [0.1, 0.15) is 6.10 Å². The van der Waals surface area contributed by atoms with Crippen molar-refractivity contribution in [2.75, 3.05) is 26.3 Å².